The Bertz CT molecular complexity index is 1010. The van der Waals surface area contributed by atoms with Crippen molar-refractivity contribution in [2.24, 2.45) is 0 Å². The van der Waals surface area contributed by atoms with Gasteiger partial charge in [-0.1, -0.05) is 80.6 Å². The van der Waals surface area contributed by atoms with E-state index in [1.54, 1.807) is 4.90 Å². The van der Waals surface area contributed by atoms with Crippen LogP contribution in [-0.4, -0.2) is 17.9 Å². The maximum atomic E-state index is 11.7. The van der Waals surface area contributed by atoms with Crippen molar-refractivity contribution in [3.05, 3.63) is 95.1 Å². The van der Waals surface area contributed by atoms with Gasteiger partial charge in [0.2, 0.25) is 0 Å². The number of hydrogen-bond acceptors (Lipinski definition) is 1. The molecule has 3 aromatic carbocycles. The van der Waals surface area contributed by atoms with Crippen LogP contribution in [0.4, 0.5) is 0 Å². The van der Waals surface area contributed by atoms with E-state index in [-0.39, 0.29) is 16.9 Å². The topological polar surface area (TPSA) is 20.3 Å². The van der Waals surface area contributed by atoms with Gasteiger partial charge in [0.25, 0.3) is 5.91 Å². The zero-order valence-corrected chi connectivity index (χ0v) is 17.3. The Balaban J connectivity index is 0.000000139. The molecule has 0 saturated heterocycles. The number of rotatable bonds is 0. The van der Waals surface area contributed by atoms with Gasteiger partial charge in [0, 0.05) is 18.0 Å². The zero-order chi connectivity index (χ0) is 20.1. The second-order valence-corrected chi connectivity index (χ2v) is 8.68. The third-order valence-corrected chi connectivity index (χ3v) is 6.45. The number of hydrogen-bond donors (Lipinski definition) is 0. The van der Waals surface area contributed by atoms with Gasteiger partial charge in [-0.15, -0.1) is 0 Å². The monoisotopic (exact) mass is 369 g/mol. The number of amides is 1. The molecule has 0 unspecified atom stereocenters. The highest BCUT2D eigenvalue weighted by molar-refractivity contribution is 5.99. The van der Waals surface area contributed by atoms with Gasteiger partial charge < -0.3 is 4.90 Å². The molecule has 142 valence electrons. The number of fused-ring (bicyclic) bond motifs is 4. The second kappa shape index (κ2) is 6.34. The second-order valence-electron chi connectivity index (χ2n) is 8.68. The molecule has 2 heteroatoms. The Morgan fingerprint density at radius 2 is 1.00 bits per heavy atom. The maximum Gasteiger partial charge on any atom is 0.254 e. The lowest BCUT2D eigenvalue weighted by molar-refractivity contribution is 0.0691. The number of benzene rings is 3. The number of nitrogens with zero attached hydrogens (tertiary/aromatic N) is 1. The van der Waals surface area contributed by atoms with Gasteiger partial charge >= 0.3 is 0 Å². The van der Waals surface area contributed by atoms with E-state index in [0.29, 0.717) is 0 Å². The fourth-order valence-electron chi connectivity index (χ4n) is 4.49. The SMILES string of the molecule is CC1(C)c2ccccc2-c2ccccc21.CN1C(=O)c2ccccc2C1(C)C. The molecule has 2 nitrogen and oxygen atoms in total. The Hall–Kier alpha value is -2.87. The molecule has 1 aliphatic carbocycles. The highest BCUT2D eigenvalue weighted by atomic mass is 16.2. The van der Waals surface area contributed by atoms with Gasteiger partial charge in [0.15, 0.2) is 0 Å². The first-order chi connectivity index (χ1) is 13.3. The number of carbonyl (C=O) groups is 1. The predicted molar refractivity (Wildman–Crippen MR) is 116 cm³/mol. The summed E-state index contributed by atoms with van der Waals surface area (Å²) < 4.78 is 0. The summed E-state index contributed by atoms with van der Waals surface area (Å²) in [4.78, 5) is 13.5. The molecule has 0 aromatic heterocycles. The molecule has 1 heterocycles. The van der Waals surface area contributed by atoms with Crippen molar-refractivity contribution in [3.63, 3.8) is 0 Å². The summed E-state index contributed by atoms with van der Waals surface area (Å²) in [6, 6.07) is 25.3. The minimum absolute atomic E-state index is 0.126. The fraction of sp³-hybridized carbons (Fsp3) is 0.269. The quantitative estimate of drug-likeness (QED) is 0.476. The van der Waals surface area contributed by atoms with Crippen LogP contribution in [0.5, 0.6) is 0 Å². The average Bonchev–Trinajstić information content (AvgIpc) is 3.05. The van der Waals surface area contributed by atoms with Gasteiger partial charge in [-0.25, -0.2) is 0 Å². The largest absolute Gasteiger partial charge is 0.332 e. The molecular weight excluding hydrogens is 342 g/mol. The standard InChI is InChI=1S/C15H14.C11H13NO/c1-15(2)13-9-5-3-7-11(13)12-8-4-6-10-14(12)15;1-11(2)9-7-5-4-6-8(9)10(13)12(11)3/h3-10H,1-2H3;4-7H,1-3H3. The third-order valence-electron chi connectivity index (χ3n) is 6.45. The first-order valence-electron chi connectivity index (χ1n) is 9.83. The minimum atomic E-state index is -0.159. The van der Waals surface area contributed by atoms with Crippen molar-refractivity contribution in [1.29, 1.82) is 0 Å². The molecule has 3 aromatic rings. The summed E-state index contributed by atoms with van der Waals surface area (Å²) in [7, 11) is 1.85. The lowest BCUT2D eigenvalue weighted by Gasteiger charge is -2.28. The van der Waals surface area contributed by atoms with Crippen molar-refractivity contribution >= 4 is 5.91 Å². The van der Waals surface area contributed by atoms with Crippen LogP contribution in [0.1, 0.15) is 54.7 Å². The van der Waals surface area contributed by atoms with E-state index in [1.807, 2.05) is 31.3 Å². The highest BCUT2D eigenvalue weighted by Gasteiger charge is 2.39. The molecule has 0 atom stereocenters. The van der Waals surface area contributed by atoms with E-state index in [2.05, 4.69) is 76.2 Å². The normalized spacial score (nSPS) is 17.3. The molecule has 0 saturated carbocycles. The van der Waals surface area contributed by atoms with Crippen LogP contribution in [0.2, 0.25) is 0 Å². The highest BCUT2D eigenvalue weighted by Crippen LogP contribution is 2.48. The smallest absolute Gasteiger partial charge is 0.254 e. The van der Waals surface area contributed by atoms with Gasteiger partial charge in [0.05, 0.1) is 5.54 Å². The Morgan fingerprint density at radius 3 is 1.46 bits per heavy atom. The van der Waals surface area contributed by atoms with Gasteiger partial charge in [-0.3, -0.25) is 4.79 Å². The van der Waals surface area contributed by atoms with Crippen molar-refractivity contribution in [2.45, 2.75) is 38.6 Å². The fourth-order valence-corrected chi connectivity index (χ4v) is 4.49. The van der Waals surface area contributed by atoms with Crippen LogP contribution in [0.3, 0.4) is 0 Å². The molecule has 1 aliphatic heterocycles. The Morgan fingerprint density at radius 1 is 0.607 bits per heavy atom. The van der Waals surface area contributed by atoms with Crippen molar-refractivity contribution in [2.75, 3.05) is 7.05 Å². The molecule has 0 N–H and O–H groups in total. The molecule has 1 amide bonds. The predicted octanol–water partition coefficient (Wildman–Crippen LogP) is 6.00. The summed E-state index contributed by atoms with van der Waals surface area (Å²) in [5.74, 6) is 0.126. The van der Waals surface area contributed by atoms with Gasteiger partial charge in [-0.2, -0.15) is 0 Å². The molecule has 5 rings (SSSR count). The summed E-state index contributed by atoms with van der Waals surface area (Å²) >= 11 is 0. The Labute approximate surface area is 167 Å². The van der Waals surface area contributed by atoms with Crippen LogP contribution in [-0.2, 0) is 11.0 Å². The van der Waals surface area contributed by atoms with Crippen molar-refractivity contribution < 1.29 is 4.79 Å². The first kappa shape index (κ1) is 18.5. The minimum Gasteiger partial charge on any atom is -0.332 e. The van der Waals surface area contributed by atoms with E-state index in [4.69, 9.17) is 0 Å². The van der Waals surface area contributed by atoms with Crippen LogP contribution in [0.25, 0.3) is 11.1 Å². The van der Waals surface area contributed by atoms with Gasteiger partial charge in [0.1, 0.15) is 0 Å². The van der Waals surface area contributed by atoms with Crippen molar-refractivity contribution in [1.82, 2.24) is 4.90 Å². The van der Waals surface area contributed by atoms with Crippen LogP contribution in [0, 0.1) is 0 Å². The first-order valence-corrected chi connectivity index (χ1v) is 9.83. The molecule has 0 bridgehead atoms. The number of carbonyl (C=O) groups excluding carboxylic acids is 1. The van der Waals surface area contributed by atoms with E-state index in [0.717, 1.165) is 11.1 Å². The van der Waals surface area contributed by atoms with E-state index >= 15 is 0 Å². The van der Waals surface area contributed by atoms with Crippen LogP contribution in [0.15, 0.2) is 72.8 Å². The van der Waals surface area contributed by atoms with Gasteiger partial charge in [-0.05, 0) is 47.7 Å². The molecule has 28 heavy (non-hydrogen) atoms. The summed E-state index contributed by atoms with van der Waals surface area (Å²) in [6.07, 6.45) is 0. The molecule has 2 aliphatic rings. The average molecular weight is 370 g/mol. The molecule has 0 spiro atoms. The van der Waals surface area contributed by atoms with Crippen LogP contribution >= 0.6 is 0 Å². The van der Waals surface area contributed by atoms with Crippen molar-refractivity contribution in [3.8, 4) is 11.1 Å². The summed E-state index contributed by atoms with van der Waals surface area (Å²) in [5.41, 5.74) is 7.67. The van der Waals surface area contributed by atoms with E-state index < -0.39 is 0 Å². The van der Waals surface area contributed by atoms with E-state index in [1.165, 1.54) is 22.3 Å². The molecule has 0 fully saturated rings. The zero-order valence-electron chi connectivity index (χ0n) is 17.3. The maximum absolute atomic E-state index is 11.7. The lowest BCUT2D eigenvalue weighted by Crippen LogP contribution is -2.35. The van der Waals surface area contributed by atoms with Crippen LogP contribution < -0.4 is 0 Å². The summed E-state index contributed by atoms with van der Waals surface area (Å²) in [5, 5.41) is 0. The third kappa shape index (κ3) is 2.59. The molecular formula is C26H27NO. The lowest BCUT2D eigenvalue weighted by atomic mass is 9.82. The summed E-state index contributed by atoms with van der Waals surface area (Å²) in [6.45, 7) is 8.74. The molecule has 0 radical (unpaired) electrons. The van der Waals surface area contributed by atoms with E-state index in [9.17, 15) is 4.79 Å². The Kier molecular flexibility index (Phi) is 4.19.